The zero-order valence-corrected chi connectivity index (χ0v) is 14.2. The third kappa shape index (κ3) is 5.18. The average Bonchev–Trinajstić information content (AvgIpc) is 2.95. The largest absolute Gasteiger partial charge is 0.496 e. The predicted molar refractivity (Wildman–Crippen MR) is 88.9 cm³/mol. The van der Waals surface area contributed by atoms with Gasteiger partial charge in [-0.25, -0.2) is 0 Å². The van der Waals surface area contributed by atoms with Crippen molar-refractivity contribution in [1.29, 1.82) is 0 Å². The fraction of sp³-hybridized carbons (Fsp3) is 0.375. The highest BCUT2D eigenvalue weighted by Crippen LogP contribution is 2.18. The first-order chi connectivity index (χ1) is 10.7. The molecule has 1 aromatic heterocycles. The maximum Gasteiger partial charge on any atom is 0.221 e. The molecule has 2 rings (SSSR count). The van der Waals surface area contributed by atoms with Gasteiger partial charge in [-0.1, -0.05) is 18.2 Å². The third-order valence-electron chi connectivity index (χ3n) is 3.31. The Balaban J connectivity index is 1.64. The molecule has 0 unspecified atom stereocenters. The van der Waals surface area contributed by atoms with Crippen LogP contribution < -0.4 is 10.1 Å². The number of aryl methyl sites for hydroxylation is 2. The molecule has 0 aliphatic rings. The molecule has 0 spiro atoms. The van der Waals surface area contributed by atoms with Gasteiger partial charge in [-0.05, 0) is 40.4 Å². The molecule has 0 aliphatic carbocycles. The lowest BCUT2D eigenvalue weighted by molar-refractivity contribution is -0.121. The number of para-hydroxylation sites is 1. The molecule has 5 nitrogen and oxygen atoms in total. The lowest BCUT2D eigenvalue weighted by atomic mass is 10.1. The van der Waals surface area contributed by atoms with E-state index < -0.39 is 0 Å². The molecule has 0 saturated heterocycles. The number of benzene rings is 1. The Labute approximate surface area is 138 Å². The summed E-state index contributed by atoms with van der Waals surface area (Å²) in [6, 6.07) is 7.96. The number of amides is 1. The van der Waals surface area contributed by atoms with Crippen molar-refractivity contribution >= 4 is 21.8 Å². The predicted octanol–water partition coefficient (Wildman–Crippen LogP) is 2.79. The van der Waals surface area contributed by atoms with Crippen LogP contribution in [-0.2, 0) is 17.8 Å². The summed E-state index contributed by atoms with van der Waals surface area (Å²) < 4.78 is 7.98. The Morgan fingerprint density at radius 2 is 2.23 bits per heavy atom. The SMILES string of the molecule is COc1ccccc1CCCNC(=O)CCn1cc(Br)cn1. The van der Waals surface area contributed by atoms with Gasteiger partial charge >= 0.3 is 0 Å². The molecule has 1 amide bonds. The van der Waals surface area contributed by atoms with Crippen molar-refractivity contribution in [2.45, 2.75) is 25.8 Å². The number of nitrogens with one attached hydrogen (secondary N) is 1. The summed E-state index contributed by atoms with van der Waals surface area (Å²) in [4.78, 5) is 11.8. The van der Waals surface area contributed by atoms with Crippen LogP contribution in [0.4, 0.5) is 0 Å². The van der Waals surface area contributed by atoms with Gasteiger partial charge in [0.2, 0.25) is 5.91 Å². The Kier molecular flexibility index (Phi) is 6.45. The van der Waals surface area contributed by atoms with E-state index in [1.54, 1.807) is 18.0 Å². The maximum absolute atomic E-state index is 11.8. The van der Waals surface area contributed by atoms with Crippen molar-refractivity contribution in [3.8, 4) is 5.75 Å². The van der Waals surface area contributed by atoms with Crippen molar-refractivity contribution < 1.29 is 9.53 Å². The van der Waals surface area contributed by atoms with Crippen LogP contribution in [0, 0.1) is 0 Å². The van der Waals surface area contributed by atoms with E-state index >= 15 is 0 Å². The van der Waals surface area contributed by atoms with Gasteiger partial charge in [-0.15, -0.1) is 0 Å². The second kappa shape index (κ2) is 8.58. The van der Waals surface area contributed by atoms with E-state index in [1.807, 2.05) is 24.4 Å². The second-order valence-corrected chi connectivity index (χ2v) is 5.85. The molecule has 1 heterocycles. The lowest BCUT2D eigenvalue weighted by Gasteiger charge is -2.09. The molecule has 0 saturated carbocycles. The Hall–Kier alpha value is -1.82. The Morgan fingerprint density at radius 3 is 2.95 bits per heavy atom. The van der Waals surface area contributed by atoms with E-state index in [-0.39, 0.29) is 5.91 Å². The normalized spacial score (nSPS) is 10.5. The van der Waals surface area contributed by atoms with E-state index in [0.29, 0.717) is 19.5 Å². The number of aromatic nitrogens is 2. The fourth-order valence-electron chi connectivity index (χ4n) is 2.18. The number of nitrogens with zero attached hydrogens (tertiary/aromatic N) is 2. The first kappa shape index (κ1) is 16.5. The molecule has 118 valence electrons. The van der Waals surface area contributed by atoms with Crippen molar-refractivity contribution in [2.75, 3.05) is 13.7 Å². The zero-order chi connectivity index (χ0) is 15.8. The minimum Gasteiger partial charge on any atom is -0.496 e. The van der Waals surface area contributed by atoms with Crippen LogP contribution in [0.1, 0.15) is 18.4 Å². The van der Waals surface area contributed by atoms with E-state index in [2.05, 4.69) is 32.4 Å². The molecule has 1 aromatic carbocycles. The van der Waals surface area contributed by atoms with Crippen molar-refractivity contribution in [1.82, 2.24) is 15.1 Å². The van der Waals surface area contributed by atoms with Gasteiger partial charge in [-0.2, -0.15) is 5.10 Å². The van der Waals surface area contributed by atoms with E-state index in [1.165, 1.54) is 5.56 Å². The van der Waals surface area contributed by atoms with Crippen LogP contribution in [0.15, 0.2) is 41.1 Å². The lowest BCUT2D eigenvalue weighted by Crippen LogP contribution is -2.25. The van der Waals surface area contributed by atoms with Crippen LogP contribution in [-0.4, -0.2) is 29.3 Å². The summed E-state index contributed by atoms with van der Waals surface area (Å²) in [5, 5.41) is 7.05. The topological polar surface area (TPSA) is 56.1 Å². The van der Waals surface area contributed by atoms with Gasteiger partial charge in [0, 0.05) is 25.7 Å². The summed E-state index contributed by atoms with van der Waals surface area (Å²) in [7, 11) is 1.67. The van der Waals surface area contributed by atoms with E-state index in [0.717, 1.165) is 23.1 Å². The summed E-state index contributed by atoms with van der Waals surface area (Å²) in [5.41, 5.74) is 1.17. The van der Waals surface area contributed by atoms with Crippen LogP contribution in [0.5, 0.6) is 5.75 Å². The number of carbonyl (C=O) groups is 1. The third-order valence-corrected chi connectivity index (χ3v) is 3.72. The summed E-state index contributed by atoms with van der Waals surface area (Å²) >= 11 is 3.33. The fourth-order valence-corrected chi connectivity index (χ4v) is 2.51. The standard InChI is InChI=1S/C16H20BrN3O2/c1-22-15-7-3-2-5-13(15)6-4-9-18-16(21)8-10-20-12-14(17)11-19-20/h2-3,5,7,11-12H,4,6,8-10H2,1H3,(H,18,21). The van der Waals surface area contributed by atoms with Gasteiger partial charge in [0.15, 0.2) is 0 Å². The summed E-state index contributed by atoms with van der Waals surface area (Å²) in [6.07, 6.45) is 5.78. The monoisotopic (exact) mass is 365 g/mol. The van der Waals surface area contributed by atoms with Crippen LogP contribution in [0.25, 0.3) is 0 Å². The summed E-state index contributed by atoms with van der Waals surface area (Å²) in [5.74, 6) is 0.949. The van der Waals surface area contributed by atoms with Gasteiger partial charge in [0.05, 0.1) is 17.8 Å². The molecular weight excluding hydrogens is 346 g/mol. The molecule has 22 heavy (non-hydrogen) atoms. The first-order valence-corrected chi connectivity index (χ1v) is 8.05. The van der Waals surface area contributed by atoms with Gasteiger partial charge < -0.3 is 10.1 Å². The van der Waals surface area contributed by atoms with Gasteiger partial charge in [0.1, 0.15) is 5.75 Å². The Morgan fingerprint density at radius 1 is 1.41 bits per heavy atom. The van der Waals surface area contributed by atoms with E-state index in [4.69, 9.17) is 4.74 Å². The quantitative estimate of drug-likeness (QED) is 0.731. The number of hydrogen-bond donors (Lipinski definition) is 1. The molecule has 0 atom stereocenters. The molecule has 0 bridgehead atoms. The molecule has 0 radical (unpaired) electrons. The van der Waals surface area contributed by atoms with Crippen molar-refractivity contribution in [2.24, 2.45) is 0 Å². The number of halogens is 1. The highest BCUT2D eigenvalue weighted by molar-refractivity contribution is 9.10. The van der Waals surface area contributed by atoms with Gasteiger partial charge in [-0.3, -0.25) is 9.48 Å². The van der Waals surface area contributed by atoms with Crippen LogP contribution in [0.3, 0.4) is 0 Å². The van der Waals surface area contributed by atoms with Crippen LogP contribution in [0.2, 0.25) is 0 Å². The molecular formula is C16H20BrN3O2. The van der Waals surface area contributed by atoms with Crippen molar-refractivity contribution in [3.05, 3.63) is 46.7 Å². The highest BCUT2D eigenvalue weighted by Gasteiger charge is 2.04. The van der Waals surface area contributed by atoms with Crippen LogP contribution >= 0.6 is 15.9 Å². The minimum atomic E-state index is 0.0478. The van der Waals surface area contributed by atoms with E-state index in [9.17, 15) is 4.79 Å². The number of carbonyl (C=O) groups excluding carboxylic acids is 1. The first-order valence-electron chi connectivity index (χ1n) is 7.25. The average molecular weight is 366 g/mol. The maximum atomic E-state index is 11.8. The van der Waals surface area contributed by atoms with Crippen molar-refractivity contribution in [3.63, 3.8) is 0 Å². The highest BCUT2D eigenvalue weighted by atomic mass is 79.9. The Bertz CT molecular complexity index is 613. The van der Waals surface area contributed by atoms with Gasteiger partial charge in [0.25, 0.3) is 0 Å². The zero-order valence-electron chi connectivity index (χ0n) is 12.6. The molecule has 1 N–H and O–H groups in total. The minimum absolute atomic E-state index is 0.0478. The second-order valence-electron chi connectivity index (χ2n) is 4.94. The number of ether oxygens (including phenoxy) is 1. The summed E-state index contributed by atoms with van der Waals surface area (Å²) in [6.45, 7) is 1.25. The molecule has 0 fully saturated rings. The number of hydrogen-bond acceptors (Lipinski definition) is 3. The molecule has 0 aliphatic heterocycles. The number of methoxy groups -OCH3 is 1. The smallest absolute Gasteiger partial charge is 0.221 e. The molecule has 2 aromatic rings. The number of rotatable bonds is 8. The molecule has 6 heteroatoms.